The minimum atomic E-state index is -4.24. The molecule has 20 heavy (non-hydrogen) atoms. The summed E-state index contributed by atoms with van der Waals surface area (Å²) in [5.41, 5.74) is 0.704. The first-order valence-corrected chi connectivity index (χ1v) is 7.33. The first kappa shape index (κ1) is 14.5. The molecule has 0 saturated heterocycles. The molecular formula is C13H10ClNO4S. The lowest BCUT2D eigenvalue weighted by molar-refractivity contribution is 0.102. The molecule has 5 nitrogen and oxygen atoms in total. The average molecular weight is 312 g/mol. The smallest absolute Gasteiger partial charge is 0.294 e. The van der Waals surface area contributed by atoms with E-state index < -0.39 is 16.0 Å². The number of amides is 1. The van der Waals surface area contributed by atoms with Crippen molar-refractivity contribution in [2.75, 3.05) is 5.32 Å². The molecule has 0 aliphatic rings. The molecule has 0 spiro atoms. The van der Waals surface area contributed by atoms with E-state index in [1.54, 1.807) is 24.3 Å². The Morgan fingerprint density at radius 3 is 2.20 bits per heavy atom. The summed E-state index contributed by atoms with van der Waals surface area (Å²) in [5.74, 6) is -0.407. The maximum absolute atomic E-state index is 12.0. The molecule has 1 amide bonds. The van der Waals surface area contributed by atoms with E-state index in [-0.39, 0.29) is 4.90 Å². The zero-order valence-electron chi connectivity index (χ0n) is 10.1. The minimum Gasteiger partial charge on any atom is -0.322 e. The van der Waals surface area contributed by atoms with Crippen molar-refractivity contribution in [3.8, 4) is 0 Å². The van der Waals surface area contributed by atoms with Gasteiger partial charge in [0, 0.05) is 5.69 Å². The third kappa shape index (κ3) is 3.36. The number of carbonyl (C=O) groups excluding carboxylic acids is 1. The molecule has 2 aromatic carbocycles. The van der Waals surface area contributed by atoms with E-state index in [0.717, 1.165) is 0 Å². The first-order valence-electron chi connectivity index (χ1n) is 5.51. The summed E-state index contributed by atoms with van der Waals surface area (Å²) < 4.78 is 30.6. The molecule has 0 radical (unpaired) electrons. The van der Waals surface area contributed by atoms with Crippen molar-refractivity contribution in [1.29, 1.82) is 0 Å². The molecule has 0 aliphatic heterocycles. The number of anilines is 1. The van der Waals surface area contributed by atoms with Gasteiger partial charge in [0.15, 0.2) is 0 Å². The van der Waals surface area contributed by atoms with Crippen molar-refractivity contribution >= 4 is 33.3 Å². The van der Waals surface area contributed by atoms with Gasteiger partial charge in [-0.05, 0) is 36.4 Å². The van der Waals surface area contributed by atoms with Crippen LogP contribution in [0.15, 0.2) is 53.4 Å². The van der Waals surface area contributed by atoms with Gasteiger partial charge in [-0.25, -0.2) is 0 Å². The van der Waals surface area contributed by atoms with Gasteiger partial charge in [-0.15, -0.1) is 0 Å². The number of carbonyl (C=O) groups is 1. The molecule has 0 fully saturated rings. The molecule has 2 rings (SSSR count). The van der Waals surface area contributed by atoms with Crippen LogP contribution in [0.5, 0.6) is 0 Å². The predicted molar refractivity (Wildman–Crippen MR) is 75.7 cm³/mol. The number of rotatable bonds is 3. The van der Waals surface area contributed by atoms with Crippen molar-refractivity contribution in [3.63, 3.8) is 0 Å². The van der Waals surface area contributed by atoms with E-state index >= 15 is 0 Å². The average Bonchev–Trinajstić information content (AvgIpc) is 2.38. The van der Waals surface area contributed by atoms with Crippen molar-refractivity contribution in [2.24, 2.45) is 0 Å². The van der Waals surface area contributed by atoms with Crippen LogP contribution in [-0.4, -0.2) is 18.9 Å². The van der Waals surface area contributed by atoms with Crippen molar-refractivity contribution in [3.05, 3.63) is 59.1 Å². The lowest BCUT2D eigenvalue weighted by Gasteiger charge is -2.07. The van der Waals surface area contributed by atoms with E-state index in [4.69, 9.17) is 16.2 Å². The number of halogens is 1. The molecule has 0 aromatic heterocycles. The molecule has 104 valence electrons. The van der Waals surface area contributed by atoms with Crippen LogP contribution in [0.2, 0.25) is 5.02 Å². The van der Waals surface area contributed by atoms with Crippen LogP contribution >= 0.6 is 11.6 Å². The highest BCUT2D eigenvalue weighted by Gasteiger charge is 2.11. The van der Waals surface area contributed by atoms with E-state index in [2.05, 4.69) is 5.32 Å². The minimum absolute atomic E-state index is 0.242. The standard InChI is InChI=1S/C13H10ClNO4S/c14-12-4-2-1-3-11(12)13(16)15-9-5-7-10(8-6-9)20(17,18)19/h1-8H,(H,15,16)(H,17,18,19). The summed E-state index contributed by atoms with van der Waals surface area (Å²) in [6, 6.07) is 11.7. The summed E-state index contributed by atoms with van der Waals surface area (Å²) in [6.45, 7) is 0. The van der Waals surface area contributed by atoms with Gasteiger partial charge < -0.3 is 5.32 Å². The quantitative estimate of drug-likeness (QED) is 0.854. The molecule has 0 aliphatic carbocycles. The maximum Gasteiger partial charge on any atom is 0.294 e. The predicted octanol–water partition coefficient (Wildman–Crippen LogP) is 2.84. The molecule has 2 N–H and O–H groups in total. The van der Waals surface area contributed by atoms with Crippen LogP contribution in [0, 0.1) is 0 Å². The highest BCUT2D eigenvalue weighted by atomic mass is 35.5. The highest BCUT2D eigenvalue weighted by Crippen LogP contribution is 2.18. The lowest BCUT2D eigenvalue weighted by atomic mass is 10.2. The third-order valence-electron chi connectivity index (χ3n) is 2.53. The Kier molecular flexibility index (Phi) is 4.08. The van der Waals surface area contributed by atoms with Gasteiger partial charge in [0.2, 0.25) is 0 Å². The zero-order valence-corrected chi connectivity index (χ0v) is 11.6. The molecular weight excluding hydrogens is 302 g/mol. The van der Waals surface area contributed by atoms with Crippen LogP contribution in [0.1, 0.15) is 10.4 Å². The van der Waals surface area contributed by atoms with Gasteiger partial charge in [-0.1, -0.05) is 23.7 Å². The molecule has 0 heterocycles. The summed E-state index contributed by atoms with van der Waals surface area (Å²) >= 11 is 5.90. The van der Waals surface area contributed by atoms with Gasteiger partial charge in [0.1, 0.15) is 0 Å². The van der Waals surface area contributed by atoms with Gasteiger partial charge in [0.05, 0.1) is 15.5 Å². The van der Waals surface area contributed by atoms with Crippen LogP contribution in [-0.2, 0) is 10.1 Å². The number of nitrogens with one attached hydrogen (secondary N) is 1. The second-order valence-corrected chi connectivity index (χ2v) is 5.76. The van der Waals surface area contributed by atoms with Crippen molar-refractivity contribution in [2.45, 2.75) is 4.90 Å². The highest BCUT2D eigenvalue weighted by molar-refractivity contribution is 7.85. The summed E-state index contributed by atoms with van der Waals surface area (Å²) in [7, 11) is -4.24. The summed E-state index contributed by atoms with van der Waals surface area (Å²) in [4.78, 5) is 11.7. The number of hydrogen-bond donors (Lipinski definition) is 2. The first-order chi connectivity index (χ1) is 9.38. The number of hydrogen-bond acceptors (Lipinski definition) is 3. The second-order valence-electron chi connectivity index (χ2n) is 3.93. The van der Waals surface area contributed by atoms with Crippen LogP contribution in [0.25, 0.3) is 0 Å². The molecule has 0 atom stereocenters. The van der Waals surface area contributed by atoms with Gasteiger partial charge >= 0.3 is 0 Å². The van der Waals surface area contributed by atoms with E-state index in [9.17, 15) is 13.2 Å². The third-order valence-corrected chi connectivity index (χ3v) is 3.73. The summed E-state index contributed by atoms with van der Waals surface area (Å²) in [6.07, 6.45) is 0. The van der Waals surface area contributed by atoms with Crippen molar-refractivity contribution < 1.29 is 17.8 Å². The van der Waals surface area contributed by atoms with Gasteiger partial charge in [-0.3, -0.25) is 9.35 Å². The Hall–Kier alpha value is -1.89. The molecule has 0 bridgehead atoms. The molecule has 2 aromatic rings. The maximum atomic E-state index is 12.0. The van der Waals surface area contributed by atoms with Crippen LogP contribution in [0.4, 0.5) is 5.69 Å². The van der Waals surface area contributed by atoms with E-state index in [1.165, 1.54) is 24.3 Å². The number of benzene rings is 2. The zero-order chi connectivity index (χ0) is 14.8. The Morgan fingerprint density at radius 1 is 1.05 bits per heavy atom. The Labute approximate surface area is 120 Å². The Morgan fingerprint density at radius 2 is 1.65 bits per heavy atom. The topological polar surface area (TPSA) is 83.5 Å². The monoisotopic (exact) mass is 311 g/mol. The SMILES string of the molecule is O=C(Nc1ccc(S(=O)(=O)O)cc1)c1ccccc1Cl. The molecule has 0 saturated carbocycles. The van der Waals surface area contributed by atoms with E-state index in [1.807, 2.05) is 0 Å². The van der Waals surface area contributed by atoms with Crippen molar-refractivity contribution in [1.82, 2.24) is 0 Å². The van der Waals surface area contributed by atoms with Gasteiger partial charge in [-0.2, -0.15) is 8.42 Å². The second kappa shape index (κ2) is 5.62. The van der Waals surface area contributed by atoms with Crippen LogP contribution < -0.4 is 5.32 Å². The molecule has 7 heteroatoms. The fourth-order valence-corrected chi connectivity index (χ4v) is 2.26. The van der Waals surface area contributed by atoms with Crippen LogP contribution in [0.3, 0.4) is 0 Å². The lowest BCUT2D eigenvalue weighted by Crippen LogP contribution is -2.12. The fraction of sp³-hybridized carbons (Fsp3) is 0. The molecule has 0 unspecified atom stereocenters. The summed E-state index contributed by atoms with van der Waals surface area (Å²) in [5, 5.41) is 2.90. The normalized spacial score (nSPS) is 11.1. The van der Waals surface area contributed by atoms with E-state index in [0.29, 0.717) is 16.3 Å². The Balaban J connectivity index is 2.19. The Bertz CT molecular complexity index is 741. The fourth-order valence-electron chi connectivity index (χ4n) is 1.55. The van der Waals surface area contributed by atoms with Gasteiger partial charge in [0.25, 0.3) is 16.0 Å². The largest absolute Gasteiger partial charge is 0.322 e.